The first-order valence-electron chi connectivity index (χ1n) is 0.418. The Bertz CT molecular complexity index is 16.5. The van der Waals surface area contributed by atoms with Crippen molar-refractivity contribution in [1.82, 2.24) is 0 Å². The van der Waals surface area contributed by atoms with E-state index in [1.807, 2.05) is 0 Å². The molecule has 0 bridgehead atoms. The summed E-state index contributed by atoms with van der Waals surface area (Å²) in [5, 5.41) is 7.03. The van der Waals surface area contributed by atoms with Crippen molar-refractivity contribution >= 4 is 84.9 Å². The Hall–Kier alpha value is 2.87. The molecule has 0 saturated heterocycles. The molecule has 1 atom stereocenters. The average molecular weight is 150 g/mol. The Balaban J connectivity index is -0.00000000133. The van der Waals surface area contributed by atoms with Crippen LogP contribution in [0.1, 0.15) is 5.71 Å². The first-order chi connectivity index (χ1) is 1.41. The Morgan fingerprint density at radius 2 is 1.60 bits per heavy atom. The van der Waals surface area contributed by atoms with E-state index in [4.69, 9.17) is 5.26 Å². The largest absolute Gasteiger partial charge is 2.00 e. The molecule has 0 aliphatic carbocycles. The van der Waals surface area contributed by atoms with Gasteiger partial charge in [0.2, 0.25) is 0 Å². The van der Waals surface area contributed by atoms with Crippen LogP contribution in [0.3, 0.4) is 0 Å². The Labute approximate surface area is 98.8 Å². The van der Waals surface area contributed by atoms with Crippen molar-refractivity contribution in [2.45, 2.75) is 0 Å². The van der Waals surface area contributed by atoms with E-state index >= 15 is 0 Å². The van der Waals surface area contributed by atoms with Crippen LogP contribution in [0.25, 0.3) is 0 Å². The third-order valence-corrected chi connectivity index (χ3v) is 0. The minimum Gasteiger partial charge on any atom is -1.00 e. The maximum atomic E-state index is 7.03. The Morgan fingerprint density at radius 3 is 1.60 bits per heavy atom. The predicted molar refractivity (Wildman–Crippen MR) is 29.4 cm³/mol. The molecule has 0 heterocycles. The third kappa shape index (κ3) is 19.8. The van der Waals surface area contributed by atoms with Gasteiger partial charge >= 0.3 is 75.5 Å². The van der Waals surface area contributed by atoms with Gasteiger partial charge in [-0.1, -0.05) is 0 Å². The van der Waals surface area contributed by atoms with Crippen LogP contribution >= 0.6 is 9.47 Å². The molecule has 0 aromatic rings. The summed E-state index contributed by atoms with van der Waals surface area (Å²) >= 11 is 0. The fraction of sp³-hybridized carbons (Fsp3) is 0. The minimum atomic E-state index is 0. The second-order valence-corrected chi connectivity index (χ2v) is 0.316. The molecule has 28 valence electrons. The quantitative estimate of drug-likeness (QED) is 0.227. The van der Waals surface area contributed by atoms with Gasteiger partial charge in [0.05, 0.1) is 0 Å². The van der Waals surface area contributed by atoms with Gasteiger partial charge in [-0.2, -0.15) is 0 Å². The maximum Gasteiger partial charge on any atom is 2.00 e. The fourth-order valence-corrected chi connectivity index (χ4v) is 0. The Morgan fingerprint density at radius 1 is 1.60 bits per heavy atom. The molecule has 2 nitrogen and oxygen atoms in total. The van der Waals surface area contributed by atoms with E-state index in [1.165, 1.54) is 0 Å². The first-order valence-corrected chi connectivity index (χ1v) is 0.890. The summed E-state index contributed by atoms with van der Waals surface area (Å²) in [6, 6.07) is 0. The summed E-state index contributed by atoms with van der Waals surface area (Å²) in [4.78, 5) is 0. The van der Waals surface area contributed by atoms with Crippen LogP contribution in [0, 0.1) is 0 Å². The second-order valence-electron chi connectivity index (χ2n) is 0.105. The summed E-state index contributed by atoms with van der Waals surface area (Å²) in [5.74, 6) is 0. The topological polar surface area (TPSA) is 29.5 Å². The summed E-state index contributed by atoms with van der Waals surface area (Å²) in [6.07, 6.45) is 0. The molecule has 0 radical (unpaired) electrons. The van der Waals surface area contributed by atoms with Crippen molar-refractivity contribution in [1.29, 1.82) is 0 Å². The van der Waals surface area contributed by atoms with Crippen molar-refractivity contribution in [3.63, 3.8) is 0 Å². The molecule has 0 aromatic heterocycles. The molecule has 0 spiro atoms. The molecule has 1 unspecified atom stereocenters. The first kappa shape index (κ1) is 15.7. The van der Waals surface area contributed by atoms with Crippen LogP contribution in [-0.2, 0) is 4.67 Å². The van der Waals surface area contributed by atoms with Gasteiger partial charge in [-0.15, -0.1) is 0 Å². The smallest absolute Gasteiger partial charge is 1.00 e. The van der Waals surface area contributed by atoms with Crippen molar-refractivity contribution in [2.75, 3.05) is 0 Å². The van der Waals surface area contributed by atoms with Crippen LogP contribution in [0.4, 0.5) is 0 Å². The molecule has 0 amide bonds. The van der Waals surface area contributed by atoms with E-state index in [0.29, 0.717) is 0 Å². The van der Waals surface area contributed by atoms with Gasteiger partial charge in [0.15, 0.2) is 0 Å². The SMILES string of the molecule is OOP.[Ca+2].[Ca+2].[H-].[H-].[H-].[H-]. The van der Waals surface area contributed by atoms with E-state index in [2.05, 4.69) is 4.67 Å². The van der Waals surface area contributed by atoms with Crippen molar-refractivity contribution in [2.24, 2.45) is 0 Å². The molecule has 0 aliphatic heterocycles. The van der Waals surface area contributed by atoms with Crippen LogP contribution in [-0.4, -0.2) is 80.7 Å². The van der Waals surface area contributed by atoms with E-state index in [9.17, 15) is 0 Å². The van der Waals surface area contributed by atoms with E-state index in [-0.39, 0.29) is 81.2 Å². The molecule has 0 fully saturated rings. The van der Waals surface area contributed by atoms with Crippen LogP contribution in [0.5, 0.6) is 0 Å². The summed E-state index contributed by atoms with van der Waals surface area (Å²) in [7, 11) is 1.63. The maximum absolute atomic E-state index is 7.03. The van der Waals surface area contributed by atoms with Crippen LogP contribution < -0.4 is 0 Å². The summed E-state index contributed by atoms with van der Waals surface area (Å²) < 4.78 is 3.17. The number of hydrogen-bond donors (Lipinski definition) is 1. The van der Waals surface area contributed by atoms with Crippen molar-refractivity contribution in [3.8, 4) is 0 Å². The van der Waals surface area contributed by atoms with Gasteiger partial charge in [-0.25, -0.2) is 9.93 Å². The van der Waals surface area contributed by atoms with E-state index in [1.54, 1.807) is 9.47 Å². The standard InChI is InChI=1S/2Ca.H3O2P.4H/c;;1-2-3;;;;/h;;1H,3H2;;;;/q2*+2;;4*-1. The molecule has 5 heteroatoms. The van der Waals surface area contributed by atoms with E-state index < -0.39 is 0 Å². The summed E-state index contributed by atoms with van der Waals surface area (Å²) in [6.45, 7) is 0. The van der Waals surface area contributed by atoms with Gasteiger partial charge in [0.25, 0.3) is 0 Å². The Kier molecular flexibility index (Phi) is 49.5. The molecule has 0 aromatic carbocycles. The average Bonchev–Trinajstić information content (AvgIpc) is 0.918. The number of hydrogen-bond acceptors (Lipinski definition) is 2. The zero-order valence-electron chi connectivity index (χ0n) is 6.85. The second kappa shape index (κ2) is 15.8. The normalized spacial score (nSPS) is 3.60. The monoisotopic (exact) mass is 150 g/mol. The zero-order chi connectivity index (χ0) is 2.71. The molecule has 0 saturated carbocycles. The van der Waals surface area contributed by atoms with Gasteiger partial charge in [0, 0.05) is 9.47 Å². The molecular formula is H7Ca2O2P. The third-order valence-electron chi connectivity index (χ3n) is 0. The fourth-order valence-electron chi connectivity index (χ4n) is 0. The molecule has 0 aliphatic rings. The number of rotatable bonds is 0. The van der Waals surface area contributed by atoms with Crippen LogP contribution in [0.2, 0.25) is 0 Å². The molecular weight excluding hydrogens is 143 g/mol. The van der Waals surface area contributed by atoms with Gasteiger partial charge in [-0.3, -0.25) is 0 Å². The van der Waals surface area contributed by atoms with Gasteiger partial charge in [0.1, 0.15) is 0 Å². The minimum absolute atomic E-state index is 0. The molecule has 0 rings (SSSR count). The van der Waals surface area contributed by atoms with E-state index in [0.717, 1.165) is 0 Å². The molecule has 5 heavy (non-hydrogen) atoms. The zero-order valence-corrected chi connectivity index (χ0v) is 8.42. The molecule has 1 N–H and O–H groups in total. The van der Waals surface area contributed by atoms with Gasteiger partial charge < -0.3 is 5.71 Å². The van der Waals surface area contributed by atoms with Crippen molar-refractivity contribution in [3.05, 3.63) is 0 Å². The predicted octanol–water partition coefficient (Wildman–Crippen LogP) is -0.0455. The summed E-state index contributed by atoms with van der Waals surface area (Å²) in [5.41, 5.74) is 0. The van der Waals surface area contributed by atoms with Crippen molar-refractivity contribution < 1.29 is 15.6 Å². The van der Waals surface area contributed by atoms with Gasteiger partial charge in [-0.05, 0) is 0 Å². The van der Waals surface area contributed by atoms with Crippen LogP contribution in [0.15, 0.2) is 0 Å².